The second-order valence-corrected chi connectivity index (χ2v) is 24.3. The molecule has 0 spiro atoms. The maximum Gasteiger partial charge on any atom is 0.159 e. The lowest BCUT2D eigenvalue weighted by Gasteiger charge is -2.32. The molecule has 4 heteroatoms. The molecule has 1 heterocycles. The van der Waals surface area contributed by atoms with Crippen LogP contribution in [0.1, 0.15) is 109 Å². The number of nitrogens with zero attached hydrogens (tertiary/aromatic N) is 2. The van der Waals surface area contributed by atoms with E-state index in [-0.39, 0.29) is 5.75 Å². The number of rotatable bonds is 12. The van der Waals surface area contributed by atoms with Gasteiger partial charge in [-0.15, -0.1) is 0 Å². The molecule has 1 N–H and O–H groups in total. The zero-order valence-corrected chi connectivity index (χ0v) is 48.9. The van der Waals surface area contributed by atoms with Crippen LogP contribution in [0.5, 0.6) is 5.75 Å². The Morgan fingerprint density at radius 2 is 0.917 bits per heavy atom. The number of hydrogen-bond donors (Lipinski definition) is 1. The monoisotopic (exact) mass is 1090 g/mol. The normalized spacial score (nSPS) is 14.1. The van der Waals surface area contributed by atoms with Gasteiger partial charge in [0.1, 0.15) is 11.3 Å². The minimum atomic E-state index is 0.254. The standard InChI is InChI=1S/C80H70N2O2/c1-6-53-20-12-14-28-61(53)65-30-16-31-66-67-32-18-34-73(80(67)84-79(65)66)82(59-40-37-50(3)52(5)45-59)75-48-71(55-23-10-11-24-55)64-41-43-68-74(47-70(54-21-8-9-22-54)63-42-44-69(75)77(64)76(63)68)81(58-38-35-49(2)36-39-58)72-33-17-29-62(78(72)83)57-26-15-25-56(46-57)60-27-13-7-19-51(60)4/h7,12-20,25-48,54-55,83H,6,8-11,21-24H2,1-5H3. The van der Waals surface area contributed by atoms with Crippen molar-refractivity contribution in [2.24, 2.45) is 0 Å². The summed E-state index contributed by atoms with van der Waals surface area (Å²) < 4.78 is 7.42. The van der Waals surface area contributed by atoms with Crippen molar-refractivity contribution in [1.29, 1.82) is 0 Å². The van der Waals surface area contributed by atoms with Crippen molar-refractivity contribution in [2.45, 2.75) is 104 Å². The minimum Gasteiger partial charge on any atom is -0.505 e. The van der Waals surface area contributed by atoms with Crippen LogP contribution in [0.3, 0.4) is 0 Å². The predicted molar refractivity (Wildman–Crippen MR) is 356 cm³/mol. The molecule has 0 atom stereocenters. The molecule has 4 nitrogen and oxygen atoms in total. The molecule has 0 amide bonds. The first-order valence-electron chi connectivity index (χ1n) is 30.7. The largest absolute Gasteiger partial charge is 0.505 e. The van der Waals surface area contributed by atoms with Gasteiger partial charge in [0.25, 0.3) is 0 Å². The van der Waals surface area contributed by atoms with E-state index in [9.17, 15) is 5.11 Å². The van der Waals surface area contributed by atoms with Gasteiger partial charge in [0, 0.05) is 44.0 Å². The molecule has 0 saturated heterocycles. The maximum atomic E-state index is 13.1. The SMILES string of the molecule is CCc1ccccc1-c1cccc2c1oc1c(N(c3ccc(C)c(C)c3)c3cc(C4CCCC4)c4ccc5c(N(c6ccc(C)cc6)c6cccc(-c7cccc(-c8ccccc8C)c7)c6O)cc(C6CCCC6)c6ccc3c4c65)cccc12. The Morgan fingerprint density at radius 1 is 0.393 bits per heavy atom. The van der Waals surface area contributed by atoms with Crippen molar-refractivity contribution in [2.75, 3.05) is 9.80 Å². The first kappa shape index (κ1) is 51.7. The molecule has 1 aromatic heterocycles. The summed E-state index contributed by atoms with van der Waals surface area (Å²) in [6, 6.07) is 76.4. The Hall–Kier alpha value is -9.12. The number of phenols is 1. The molecule has 15 rings (SSSR count). The van der Waals surface area contributed by atoms with Crippen LogP contribution in [0.25, 0.3) is 87.6 Å². The number of aryl methyl sites for hydroxylation is 5. The summed E-state index contributed by atoms with van der Waals surface area (Å²) in [4.78, 5) is 4.90. The molecule has 0 aliphatic heterocycles. The molecule has 0 unspecified atom stereocenters. The number of para-hydroxylation sites is 3. The van der Waals surface area contributed by atoms with E-state index in [0.717, 1.165) is 110 Å². The van der Waals surface area contributed by atoms with Gasteiger partial charge in [0.15, 0.2) is 5.58 Å². The van der Waals surface area contributed by atoms with E-state index in [2.05, 4.69) is 251 Å². The Kier molecular flexibility index (Phi) is 12.9. The number of aromatic hydroxyl groups is 1. The van der Waals surface area contributed by atoms with Gasteiger partial charge in [0.2, 0.25) is 0 Å². The highest BCUT2D eigenvalue weighted by Crippen LogP contribution is 2.56. The number of furan rings is 1. The lowest BCUT2D eigenvalue weighted by atomic mass is 9.82. The highest BCUT2D eigenvalue weighted by molar-refractivity contribution is 6.30. The number of anilines is 6. The molecule has 12 aromatic carbocycles. The van der Waals surface area contributed by atoms with Gasteiger partial charge in [-0.05, 0) is 203 Å². The lowest BCUT2D eigenvalue weighted by molar-refractivity contribution is 0.478. The summed E-state index contributed by atoms with van der Waals surface area (Å²) >= 11 is 0. The van der Waals surface area contributed by atoms with Crippen LogP contribution in [0, 0.1) is 27.7 Å². The van der Waals surface area contributed by atoms with Crippen molar-refractivity contribution < 1.29 is 9.52 Å². The molecule has 84 heavy (non-hydrogen) atoms. The fourth-order valence-electron chi connectivity index (χ4n) is 14.9. The van der Waals surface area contributed by atoms with E-state index in [1.807, 2.05) is 0 Å². The van der Waals surface area contributed by atoms with Gasteiger partial charge >= 0.3 is 0 Å². The summed E-state index contributed by atoms with van der Waals surface area (Å²) in [6.45, 7) is 11.0. The van der Waals surface area contributed by atoms with Crippen molar-refractivity contribution in [3.8, 4) is 39.1 Å². The van der Waals surface area contributed by atoms with E-state index in [4.69, 9.17) is 4.42 Å². The quantitative estimate of drug-likeness (QED) is 0.124. The van der Waals surface area contributed by atoms with E-state index >= 15 is 0 Å². The van der Waals surface area contributed by atoms with Crippen LogP contribution >= 0.6 is 0 Å². The van der Waals surface area contributed by atoms with Gasteiger partial charge in [-0.1, -0.05) is 190 Å². The number of fused-ring (bicyclic) bond motifs is 3. The van der Waals surface area contributed by atoms with E-state index < -0.39 is 0 Å². The number of phenolic OH excluding ortho intramolecular Hbond substituents is 1. The Bertz CT molecular complexity index is 4680. The lowest BCUT2D eigenvalue weighted by Crippen LogP contribution is -2.14. The molecule has 0 bridgehead atoms. The second kappa shape index (κ2) is 20.9. The van der Waals surface area contributed by atoms with Crippen LogP contribution in [-0.2, 0) is 6.42 Å². The van der Waals surface area contributed by atoms with Crippen LogP contribution in [0.4, 0.5) is 34.1 Å². The molecule has 2 fully saturated rings. The highest BCUT2D eigenvalue weighted by atomic mass is 16.3. The van der Waals surface area contributed by atoms with E-state index in [1.165, 1.54) is 108 Å². The Labute approximate surface area is 493 Å². The average Bonchev–Trinajstić information content (AvgIpc) is 1.68. The van der Waals surface area contributed by atoms with Gasteiger partial charge in [-0.25, -0.2) is 0 Å². The van der Waals surface area contributed by atoms with Crippen molar-refractivity contribution in [3.05, 3.63) is 245 Å². The summed E-state index contributed by atoms with van der Waals surface area (Å²) in [5.41, 5.74) is 23.4. The fraction of sp³-hybridized carbons (Fsp3) is 0.200. The van der Waals surface area contributed by atoms with Gasteiger partial charge < -0.3 is 19.3 Å². The zero-order valence-electron chi connectivity index (χ0n) is 48.9. The molecule has 0 radical (unpaired) electrons. The molecule has 2 aliphatic carbocycles. The third-order valence-electron chi connectivity index (χ3n) is 19.3. The minimum absolute atomic E-state index is 0.254. The summed E-state index contributed by atoms with van der Waals surface area (Å²) in [7, 11) is 0. The van der Waals surface area contributed by atoms with Crippen LogP contribution in [0.2, 0.25) is 0 Å². The molecular weight excluding hydrogens is 1020 g/mol. The van der Waals surface area contributed by atoms with Gasteiger partial charge in [-0.2, -0.15) is 0 Å². The maximum absolute atomic E-state index is 13.1. The summed E-state index contributed by atoms with van der Waals surface area (Å²) in [6.07, 6.45) is 10.5. The van der Waals surface area contributed by atoms with Crippen molar-refractivity contribution >= 4 is 88.4 Å². The summed E-state index contributed by atoms with van der Waals surface area (Å²) in [5, 5.41) is 23.0. The third-order valence-corrected chi connectivity index (χ3v) is 19.3. The fourth-order valence-corrected chi connectivity index (χ4v) is 14.9. The zero-order chi connectivity index (χ0) is 56.7. The van der Waals surface area contributed by atoms with Crippen LogP contribution in [-0.4, -0.2) is 5.11 Å². The van der Waals surface area contributed by atoms with Crippen LogP contribution in [0.15, 0.2) is 211 Å². The van der Waals surface area contributed by atoms with Crippen LogP contribution < -0.4 is 9.80 Å². The average molecular weight is 1090 g/mol. The van der Waals surface area contributed by atoms with Gasteiger partial charge in [-0.3, -0.25) is 0 Å². The Morgan fingerprint density at radius 3 is 1.57 bits per heavy atom. The second-order valence-electron chi connectivity index (χ2n) is 24.3. The van der Waals surface area contributed by atoms with E-state index in [0.29, 0.717) is 11.8 Å². The third kappa shape index (κ3) is 8.55. The smallest absolute Gasteiger partial charge is 0.159 e. The molecular formula is C80H70N2O2. The first-order chi connectivity index (χ1) is 41.2. The Balaban J connectivity index is 1.02. The summed E-state index contributed by atoms with van der Waals surface area (Å²) in [5.74, 6) is 1.07. The first-order valence-corrected chi connectivity index (χ1v) is 30.7. The topological polar surface area (TPSA) is 39.9 Å². The van der Waals surface area contributed by atoms with Crippen molar-refractivity contribution in [1.82, 2.24) is 0 Å². The predicted octanol–water partition coefficient (Wildman–Crippen LogP) is 23.2. The number of benzene rings is 12. The molecule has 2 aliphatic rings. The molecule has 2 saturated carbocycles. The van der Waals surface area contributed by atoms with Gasteiger partial charge in [0.05, 0.1) is 22.7 Å². The molecule has 13 aromatic rings. The molecule has 412 valence electrons. The number of hydrogen-bond acceptors (Lipinski definition) is 4. The van der Waals surface area contributed by atoms with E-state index in [1.54, 1.807) is 0 Å². The van der Waals surface area contributed by atoms with Crippen molar-refractivity contribution in [3.63, 3.8) is 0 Å². The highest BCUT2D eigenvalue weighted by Gasteiger charge is 2.32.